The van der Waals surface area contributed by atoms with Gasteiger partial charge in [0.25, 0.3) is 0 Å². The standard InChI is InChI=1S/C13H16N4/c1-4-11-12(16-8-17-13(11)14-3)10-5-9(2)6-15-7-10/h5-8H,4H2,1-3H3,(H,14,16,17). The molecule has 4 nitrogen and oxygen atoms in total. The molecule has 88 valence electrons. The quantitative estimate of drug-likeness (QED) is 0.876. The van der Waals surface area contributed by atoms with Gasteiger partial charge in [0.05, 0.1) is 5.69 Å². The van der Waals surface area contributed by atoms with E-state index in [4.69, 9.17) is 0 Å². The summed E-state index contributed by atoms with van der Waals surface area (Å²) in [6.45, 7) is 4.13. The van der Waals surface area contributed by atoms with Crippen molar-refractivity contribution in [2.24, 2.45) is 0 Å². The molecule has 2 aromatic heterocycles. The summed E-state index contributed by atoms with van der Waals surface area (Å²) in [4.78, 5) is 12.8. The molecular formula is C13H16N4. The normalized spacial score (nSPS) is 10.3. The van der Waals surface area contributed by atoms with Crippen LogP contribution in [0.5, 0.6) is 0 Å². The number of aromatic nitrogens is 3. The third kappa shape index (κ3) is 2.25. The Hall–Kier alpha value is -1.97. The van der Waals surface area contributed by atoms with Crippen LogP contribution in [0.25, 0.3) is 11.3 Å². The minimum Gasteiger partial charge on any atom is -0.373 e. The van der Waals surface area contributed by atoms with Crippen molar-refractivity contribution in [2.45, 2.75) is 20.3 Å². The average Bonchev–Trinajstić information content (AvgIpc) is 2.37. The lowest BCUT2D eigenvalue weighted by molar-refractivity contribution is 1.05. The van der Waals surface area contributed by atoms with Gasteiger partial charge < -0.3 is 5.32 Å². The maximum absolute atomic E-state index is 4.38. The minimum atomic E-state index is 0.888. The molecule has 0 fully saturated rings. The number of nitrogens with zero attached hydrogens (tertiary/aromatic N) is 3. The molecule has 17 heavy (non-hydrogen) atoms. The topological polar surface area (TPSA) is 50.7 Å². The molecule has 0 unspecified atom stereocenters. The van der Waals surface area contributed by atoms with Gasteiger partial charge in [0, 0.05) is 30.6 Å². The first-order valence-corrected chi connectivity index (χ1v) is 5.70. The van der Waals surface area contributed by atoms with Gasteiger partial charge >= 0.3 is 0 Å². The summed E-state index contributed by atoms with van der Waals surface area (Å²) < 4.78 is 0. The summed E-state index contributed by atoms with van der Waals surface area (Å²) in [6, 6.07) is 2.09. The molecule has 2 heterocycles. The van der Waals surface area contributed by atoms with Gasteiger partial charge in [-0.15, -0.1) is 0 Å². The molecule has 0 aliphatic heterocycles. The van der Waals surface area contributed by atoms with Crippen molar-refractivity contribution in [1.29, 1.82) is 0 Å². The molecule has 2 aromatic rings. The van der Waals surface area contributed by atoms with Crippen LogP contribution >= 0.6 is 0 Å². The van der Waals surface area contributed by atoms with Crippen molar-refractivity contribution < 1.29 is 0 Å². The van der Waals surface area contributed by atoms with Gasteiger partial charge in [-0.05, 0) is 25.0 Å². The van der Waals surface area contributed by atoms with Gasteiger partial charge in [-0.2, -0.15) is 0 Å². The molecule has 0 aliphatic carbocycles. The van der Waals surface area contributed by atoms with E-state index >= 15 is 0 Å². The molecule has 0 saturated carbocycles. The fourth-order valence-corrected chi connectivity index (χ4v) is 1.90. The van der Waals surface area contributed by atoms with E-state index in [1.807, 2.05) is 26.4 Å². The number of rotatable bonds is 3. The maximum Gasteiger partial charge on any atom is 0.132 e. The van der Waals surface area contributed by atoms with E-state index in [0.29, 0.717) is 0 Å². The van der Waals surface area contributed by atoms with Crippen LogP contribution in [0.3, 0.4) is 0 Å². The second-order valence-corrected chi connectivity index (χ2v) is 3.90. The van der Waals surface area contributed by atoms with Crippen LogP contribution in [-0.2, 0) is 6.42 Å². The van der Waals surface area contributed by atoms with Crippen molar-refractivity contribution in [3.8, 4) is 11.3 Å². The Bertz CT molecular complexity index is 523. The van der Waals surface area contributed by atoms with Gasteiger partial charge in [-0.25, -0.2) is 9.97 Å². The zero-order valence-corrected chi connectivity index (χ0v) is 10.4. The molecule has 0 amide bonds. The highest BCUT2D eigenvalue weighted by molar-refractivity contribution is 5.67. The van der Waals surface area contributed by atoms with Crippen LogP contribution in [0.2, 0.25) is 0 Å². The second-order valence-electron chi connectivity index (χ2n) is 3.90. The Balaban J connectivity index is 2.59. The largest absolute Gasteiger partial charge is 0.373 e. The van der Waals surface area contributed by atoms with Crippen molar-refractivity contribution in [2.75, 3.05) is 12.4 Å². The van der Waals surface area contributed by atoms with Crippen molar-refractivity contribution in [3.63, 3.8) is 0 Å². The van der Waals surface area contributed by atoms with Crippen LogP contribution < -0.4 is 5.32 Å². The van der Waals surface area contributed by atoms with E-state index in [9.17, 15) is 0 Å². The Morgan fingerprint density at radius 2 is 2.06 bits per heavy atom. The van der Waals surface area contributed by atoms with Gasteiger partial charge in [0.1, 0.15) is 12.1 Å². The number of nitrogens with one attached hydrogen (secondary N) is 1. The molecule has 0 aromatic carbocycles. The molecule has 0 bridgehead atoms. The van der Waals surface area contributed by atoms with Crippen molar-refractivity contribution in [1.82, 2.24) is 15.0 Å². The number of pyridine rings is 1. The SMILES string of the molecule is CCc1c(NC)ncnc1-c1cncc(C)c1. The molecular weight excluding hydrogens is 212 g/mol. The number of anilines is 1. The van der Waals surface area contributed by atoms with E-state index in [2.05, 4.69) is 33.3 Å². The average molecular weight is 228 g/mol. The fourth-order valence-electron chi connectivity index (χ4n) is 1.90. The van der Waals surface area contributed by atoms with E-state index in [0.717, 1.165) is 34.6 Å². The smallest absolute Gasteiger partial charge is 0.132 e. The molecule has 0 spiro atoms. The number of hydrogen-bond acceptors (Lipinski definition) is 4. The Labute approximate surface area is 101 Å². The summed E-state index contributed by atoms with van der Waals surface area (Å²) in [5.41, 5.74) is 4.26. The predicted molar refractivity (Wildman–Crippen MR) is 68.9 cm³/mol. The predicted octanol–water partition coefficient (Wildman–Crippen LogP) is 2.45. The Morgan fingerprint density at radius 1 is 1.24 bits per heavy atom. The maximum atomic E-state index is 4.38. The molecule has 4 heteroatoms. The van der Waals surface area contributed by atoms with E-state index in [-0.39, 0.29) is 0 Å². The van der Waals surface area contributed by atoms with Crippen LogP contribution in [-0.4, -0.2) is 22.0 Å². The summed E-state index contributed by atoms with van der Waals surface area (Å²) in [5, 5.41) is 3.10. The summed E-state index contributed by atoms with van der Waals surface area (Å²) in [7, 11) is 1.87. The Kier molecular flexibility index (Phi) is 3.32. The van der Waals surface area contributed by atoms with Gasteiger partial charge in [-0.3, -0.25) is 4.98 Å². The second kappa shape index (κ2) is 4.91. The third-order valence-electron chi connectivity index (χ3n) is 2.68. The highest BCUT2D eigenvalue weighted by atomic mass is 15.0. The third-order valence-corrected chi connectivity index (χ3v) is 2.68. The van der Waals surface area contributed by atoms with Crippen molar-refractivity contribution in [3.05, 3.63) is 35.9 Å². The van der Waals surface area contributed by atoms with Crippen LogP contribution in [0, 0.1) is 6.92 Å². The summed E-state index contributed by atoms with van der Waals surface area (Å²) in [5.74, 6) is 0.888. The molecule has 0 aliphatic rings. The molecule has 0 atom stereocenters. The van der Waals surface area contributed by atoms with Crippen molar-refractivity contribution >= 4 is 5.82 Å². The zero-order valence-electron chi connectivity index (χ0n) is 10.4. The fraction of sp³-hybridized carbons (Fsp3) is 0.308. The van der Waals surface area contributed by atoms with E-state index in [1.54, 1.807) is 6.33 Å². The van der Waals surface area contributed by atoms with Crippen LogP contribution in [0.4, 0.5) is 5.82 Å². The highest BCUT2D eigenvalue weighted by Crippen LogP contribution is 2.25. The lowest BCUT2D eigenvalue weighted by Gasteiger charge is -2.11. The van der Waals surface area contributed by atoms with E-state index < -0.39 is 0 Å². The minimum absolute atomic E-state index is 0.888. The molecule has 0 saturated heterocycles. The van der Waals surface area contributed by atoms with Gasteiger partial charge in [0.15, 0.2) is 0 Å². The first-order chi connectivity index (χ1) is 8.26. The molecule has 1 N–H and O–H groups in total. The molecule has 2 rings (SSSR count). The lowest BCUT2D eigenvalue weighted by Crippen LogP contribution is -2.02. The first kappa shape index (κ1) is 11.5. The zero-order chi connectivity index (χ0) is 12.3. The van der Waals surface area contributed by atoms with Gasteiger partial charge in [0.2, 0.25) is 0 Å². The van der Waals surface area contributed by atoms with Gasteiger partial charge in [-0.1, -0.05) is 6.92 Å². The summed E-state index contributed by atoms with van der Waals surface area (Å²) >= 11 is 0. The monoisotopic (exact) mass is 228 g/mol. The highest BCUT2D eigenvalue weighted by Gasteiger charge is 2.10. The number of aryl methyl sites for hydroxylation is 1. The van der Waals surface area contributed by atoms with Crippen LogP contribution in [0.15, 0.2) is 24.8 Å². The summed E-state index contributed by atoms with van der Waals surface area (Å²) in [6.07, 6.45) is 6.16. The van der Waals surface area contributed by atoms with Crippen LogP contribution in [0.1, 0.15) is 18.1 Å². The van der Waals surface area contributed by atoms with E-state index in [1.165, 1.54) is 0 Å². The Morgan fingerprint density at radius 3 is 2.71 bits per heavy atom. The first-order valence-electron chi connectivity index (χ1n) is 5.70. The number of hydrogen-bond donors (Lipinski definition) is 1. The lowest BCUT2D eigenvalue weighted by atomic mass is 10.1. The molecule has 0 radical (unpaired) electrons.